The topological polar surface area (TPSA) is 44.3 Å². The van der Waals surface area contributed by atoms with E-state index in [0.29, 0.717) is 6.04 Å². The summed E-state index contributed by atoms with van der Waals surface area (Å²) in [5, 5.41) is 3.41. The summed E-state index contributed by atoms with van der Waals surface area (Å²) in [5.74, 6) is 1.06. The molecule has 2 aliphatic heterocycles. The minimum Gasteiger partial charge on any atom is -0.353 e. The van der Waals surface area contributed by atoms with Gasteiger partial charge < -0.3 is 10.2 Å². The van der Waals surface area contributed by atoms with Crippen LogP contribution in [0.1, 0.15) is 12.1 Å². The summed E-state index contributed by atoms with van der Waals surface area (Å²) in [6.45, 7) is 8.85. The van der Waals surface area contributed by atoms with Gasteiger partial charge in [-0.15, -0.1) is 0 Å². The zero-order valence-corrected chi connectivity index (χ0v) is 11.0. The molecule has 98 valence electrons. The minimum atomic E-state index is 0.688. The van der Waals surface area contributed by atoms with Crippen LogP contribution in [0.25, 0.3) is 0 Å². The zero-order chi connectivity index (χ0) is 12.4. The predicted molar refractivity (Wildman–Crippen MR) is 71.8 cm³/mol. The van der Waals surface area contributed by atoms with Crippen LogP contribution in [0, 0.1) is 6.92 Å². The predicted octanol–water partition coefficient (Wildman–Crippen LogP) is 0.269. The van der Waals surface area contributed by atoms with Gasteiger partial charge in [-0.1, -0.05) is 0 Å². The molecule has 3 rings (SSSR count). The quantitative estimate of drug-likeness (QED) is 0.812. The van der Waals surface area contributed by atoms with E-state index in [0.717, 1.165) is 37.7 Å². The highest BCUT2D eigenvalue weighted by Gasteiger charge is 2.29. The van der Waals surface area contributed by atoms with Crippen LogP contribution in [0.5, 0.6) is 0 Å². The third kappa shape index (κ3) is 2.33. The largest absolute Gasteiger partial charge is 0.353 e. The third-order valence-corrected chi connectivity index (χ3v) is 3.99. The lowest BCUT2D eigenvalue weighted by Gasteiger charge is -2.32. The van der Waals surface area contributed by atoms with E-state index in [2.05, 4.69) is 25.1 Å². The van der Waals surface area contributed by atoms with Gasteiger partial charge in [0.25, 0.3) is 0 Å². The Hall–Kier alpha value is -1.20. The molecule has 2 saturated heterocycles. The lowest BCUT2D eigenvalue weighted by atomic mass is 10.2. The molecule has 0 aliphatic carbocycles. The molecule has 1 N–H and O–H groups in total. The molecule has 5 heteroatoms. The molecule has 0 spiro atoms. The van der Waals surface area contributed by atoms with Gasteiger partial charge in [0.2, 0.25) is 0 Å². The Bertz CT molecular complexity index is 402. The first kappa shape index (κ1) is 11.9. The van der Waals surface area contributed by atoms with Crippen LogP contribution < -0.4 is 10.2 Å². The summed E-state index contributed by atoms with van der Waals surface area (Å²) in [6.07, 6.45) is 4.80. The Morgan fingerprint density at radius 1 is 1.17 bits per heavy atom. The van der Waals surface area contributed by atoms with E-state index in [4.69, 9.17) is 0 Å². The Morgan fingerprint density at radius 3 is 2.72 bits per heavy atom. The van der Waals surface area contributed by atoms with E-state index >= 15 is 0 Å². The van der Waals surface area contributed by atoms with E-state index in [1.807, 2.05) is 6.92 Å². The van der Waals surface area contributed by atoms with Crippen molar-refractivity contribution in [2.45, 2.75) is 19.4 Å². The number of nitrogens with one attached hydrogen (secondary N) is 1. The maximum atomic E-state index is 4.47. The first-order chi connectivity index (χ1) is 8.84. The molecule has 3 heterocycles. The fourth-order valence-corrected chi connectivity index (χ4v) is 2.99. The number of piperazine rings is 1. The fraction of sp³-hybridized carbons (Fsp3) is 0.692. The van der Waals surface area contributed by atoms with Gasteiger partial charge in [-0.3, -0.25) is 9.88 Å². The van der Waals surface area contributed by atoms with Crippen LogP contribution in [0.15, 0.2) is 12.4 Å². The van der Waals surface area contributed by atoms with Crippen molar-refractivity contribution in [1.29, 1.82) is 0 Å². The van der Waals surface area contributed by atoms with Gasteiger partial charge in [-0.05, 0) is 13.3 Å². The summed E-state index contributed by atoms with van der Waals surface area (Å²) in [6, 6.07) is 0.688. The van der Waals surface area contributed by atoms with E-state index in [-0.39, 0.29) is 0 Å². The normalized spacial score (nSPS) is 25.6. The molecule has 1 aromatic heterocycles. The SMILES string of the molecule is Cc1nccnc1N1CCC(N2CCNCC2)C1. The van der Waals surface area contributed by atoms with Crippen LogP contribution in [0.4, 0.5) is 5.82 Å². The summed E-state index contributed by atoms with van der Waals surface area (Å²) in [5.41, 5.74) is 1.04. The van der Waals surface area contributed by atoms with Crippen molar-refractivity contribution in [3.8, 4) is 0 Å². The lowest BCUT2D eigenvalue weighted by Crippen LogP contribution is -2.49. The molecule has 2 aliphatic rings. The van der Waals surface area contributed by atoms with Crippen molar-refractivity contribution in [1.82, 2.24) is 20.2 Å². The maximum Gasteiger partial charge on any atom is 0.150 e. The molecular formula is C13H21N5. The number of hydrogen-bond donors (Lipinski definition) is 1. The highest BCUT2D eigenvalue weighted by molar-refractivity contribution is 5.43. The molecule has 0 aromatic carbocycles. The van der Waals surface area contributed by atoms with Gasteiger partial charge in [0, 0.05) is 57.7 Å². The van der Waals surface area contributed by atoms with Crippen molar-refractivity contribution >= 4 is 5.82 Å². The second-order valence-electron chi connectivity index (χ2n) is 5.14. The van der Waals surface area contributed by atoms with Gasteiger partial charge in [0.05, 0.1) is 5.69 Å². The van der Waals surface area contributed by atoms with Crippen LogP contribution in [0.3, 0.4) is 0 Å². The van der Waals surface area contributed by atoms with E-state index in [9.17, 15) is 0 Å². The molecule has 1 unspecified atom stereocenters. The first-order valence-electron chi connectivity index (χ1n) is 6.82. The zero-order valence-electron chi connectivity index (χ0n) is 11.0. The average Bonchev–Trinajstić information content (AvgIpc) is 2.90. The van der Waals surface area contributed by atoms with Gasteiger partial charge in [-0.2, -0.15) is 0 Å². The molecule has 0 saturated carbocycles. The van der Waals surface area contributed by atoms with Crippen molar-refractivity contribution < 1.29 is 0 Å². The van der Waals surface area contributed by atoms with Crippen LogP contribution >= 0.6 is 0 Å². The second-order valence-corrected chi connectivity index (χ2v) is 5.14. The molecule has 1 aromatic rings. The van der Waals surface area contributed by atoms with E-state index in [1.165, 1.54) is 19.5 Å². The molecule has 1 atom stereocenters. The van der Waals surface area contributed by atoms with Crippen LogP contribution in [0.2, 0.25) is 0 Å². The molecule has 0 radical (unpaired) electrons. The molecule has 0 amide bonds. The van der Waals surface area contributed by atoms with E-state index < -0.39 is 0 Å². The molecular weight excluding hydrogens is 226 g/mol. The fourth-order valence-electron chi connectivity index (χ4n) is 2.99. The number of aromatic nitrogens is 2. The van der Waals surface area contributed by atoms with Gasteiger partial charge in [0.1, 0.15) is 5.82 Å². The molecule has 2 fully saturated rings. The van der Waals surface area contributed by atoms with Gasteiger partial charge in [0.15, 0.2) is 0 Å². The lowest BCUT2D eigenvalue weighted by molar-refractivity contribution is 0.185. The smallest absolute Gasteiger partial charge is 0.150 e. The standard InChI is InChI=1S/C13H21N5/c1-11-13(16-4-3-15-11)18-7-2-12(10-18)17-8-5-14-6-9-17/h3-4,12,14H,2,5-10H2,1H3. The summed E-state index contributed by atoms with van der Waals surface area (Å²) in [4.78, 5) is 13.8. The van der Waals surface area contributed by atoms with Crippen molar-refractivity contribution in [3.63, 3.8) is 0 Å². The van der Waals surface area contributed by atoms with Crippen molar-refractivity contribution in [3.05, 3.63) is 18.1 Å². The van der Waals surface area contributed by atoms with Gasteiger partial charge >= 0.3 is 0 Å². The van der Waals surface area contributed by atoms with Crippen molar-refractivity contribution in [2.24, 2.45) is 0 Å². The second kappa shape index (κ2) is 5.20. The first-order valence-corrected chi connectivity index (χ1v) is 6.82. The Kier molecular flexibility index (Phi) is 3.43. The summed E-state index contributed by atoms with van der Waals surface area (Å²) < 4.78 is 0. The monoisotopic (exact) mass is 247 g/mol. The average molecular weight is 247 g/mol. The van der Waals surface area contributed by atoms with Crippen LogP contribution in [-0.2, 0) is 0 Å². The Morgan fingerprint density at radius 2 is 1.94 bits per heavy atom. The molecule has 0 bridgehead atoms. The van der Waals surface area contributed by atoms with E-state index in [1.54, 1.807) is 12.4 Å². The third-order valence-electron chi connectivity index (χ3n) is 3.99. The van der Waals surface area contributed by atoms with Crippen molar-refractivity contribution in [2.75, 3.05) is 44.2 Å². The molecule has 18 heavy (non-hydrogen) atoms. The Balaban J connectivity index is 1.66. The Labute approximate surface area is 108 Å². The van der Waals surface area contributed by atoms with Gasteiger partial charge in [-0.25, -0.2) is 4.98 Å². The maximum absolute atomic E-state index is 4.47. The number of hydrogen-bond acceptors (Lipinski definition) is 5. The summed E-state index contributed by atoms with van der Waals surface area (Å²) >= 11 is 0. The number of anilines is 1. The highest BCUT2D eigenvalue weighted by atomic mass is 15.3. The summed E-state index contributed by atoms with van der Waals surface area (Å²) in [7, 11) is 0. The van der Waals surface area contributed by atoms with Crippen LogP contribution in [-0.4, -0.2) is 60.2 Å². The number of aryl methyl sites for hydroxylation is 1. The molecule has 5 nitrogen and oxygen atoms in total. The number of nitrogens with zero attached hydrogens (tertiary/aromatic N) is 4. The highest BCUT2D eigenvalue weighted by Crippen LogP contribution is 2.22. The minimum absolute atomic E-state index is 0.688. The number of rotatable bonds is 2.